The topological polar surface area (TPSA) is 29.1 Å². The first-order valence-corrected chi connectivity index (χ1v) is 8.71. The second kappa shape index (κ2) is 4.75. The van der Waals surface area contributed by atoms with Crippen molar-refractivity contribution in [2.75, 3.05) is 0 Å². The van der Waals surface area contributed by atoms with Gasteiger partial charge in [-0.15, -0.1) is 0 Å². The van der Waals surface area contributed by atoms with E-state index in [4.69, 9.17) is 0 Å². The molecule has 1 unspecified atom stereocenters. The van der Waals surface area contributed by atoms with E-state index >= 15 is 0 Å². The molecule has 4 bridgehead atoms. The average Bonchev–Trinajstić information content (AvgIpc) is 2.24. The molecule has 2 nitrogen and oxygen atoms in total. The zero-order valence-electron chi connectivity index (χ0n) is 12.3. The van der Waals surface area contributed by atoms with E-state index in [1.807, 2.05) is 0 Å². The number of rotatable bonds is 2. The summed E-state index contributed by atoms with van der Waals surface area (Å²) in [5.74, 6) is 4.33. The van der Waals surface area contributed by atoms with Gasteiger partial charge in [-0.25, -0.2) is 0 Å². The Kier molecular flexibility index (Phi) is 3.48. The minimum Gasteiger partial charge on any atom is -0.351 e. The fraction of sp³-hybridized carbons (Fsp3) is 0.938. The Bertz CT molecular complexity index is 345. The van der Waals surface area contributed by atoms with E-state index in [0.717, 1.165) is 23.7 Å². The minimum atomic E-state index is -0.130. The summed E-state index contributed by atoms with van der Waals surface area (Å²) in [7, 11) is 0. The number of hydrogen-bond acceptors (Lipinski definition) is 1. The summed E-state index contributed by atoms with van der Waals surface area (Å²) in [4.78, 5) is 12.4. The van der Waals surface area contributed by atoms with Crippen molar-refractivity contribution in [2.45, 2.75) is 63.2 Å². The maximum atomic E-state index is 12.4. The van der Waals surface area contributed by atoms with Crippen molar-refractivity contribution in [1.29, 1.82) is 0 Å². The van der Waals surface area contributed by atoms with E-state index in [-0.39, 0.29) is 16.3 Å². The zero-order valence-corrected chi connectivity index (χ0v) is 13.9. The van der Waals surface area contributed by atoms with Gasteiger partial charge in [0.2, 0.25) is 5.91 Å². The first kappa shape index (κ1) is 13.9. The lowest BCUT2D eigenvalue weighted by atomic mass is 9.51. The van der Waals surface area contributed by atoms with Gasteiger partial charge in [-0.05, 0) is 82.5 Å². The predicted octanol–water partition coefficient (Wildman–Crippen LogP) is 3.74. The molecule has 0 aromatic heterocycles. The molecule has 4 saturated carbocycles. The maximum Gasteiger partial charge on any atom is 0.234 e. The number of carbonyl (C=O) groups excluding carboxylic acids is 1. The molecule has 0 aliphatic heterocycles. The molecule has 0 aromatic rings. The molecular weight excluding hydrogens is 302 g/mol. The van der Waals surface area contributed by atoms with Gasteiger partial charge in [0.1, 0.15) is 0 Å². The second-order valence-electron chi connectivity index (χ2n) is 8.15. The molecule has 0 saturated heterocycles. The van der Waals surface area contributed by atoms with E-state index in [9.17, 15) is 4.79 Å². The zero-order chi connectivity index (χ0) is 13.8. The third kappa shape index (κ3) is 2.72. The van der Waals surface area contributed by atoms with Crippen LogP contribution >= 0.6 is 15.9 Å². The third-order valence-electron chi connectivity index (χ3n) is 5.39. The van der Waals surface area contributed by atoms with Gasteiger partial charge in [-0.1, -0.05) is 15.9 Å². The number of alkyl halides is 1. The van der Waals surface area contributed by atoms with Crippen molar-refractivity contribution in [3.05, 3.63) is 0 Å². The maximum absolute atomic E-state index is 12.4. The molecule has 1 amide bonds. The van der Waals surface area contributed by atoms with Crippen LogP contribution in [0.15, 0.2) is 0 Å². The molecule has 4 aliphatic carbocycles. The second-order valence-corrected chi connectivity index (χ2v) is 9.14. The van der Waals surface area contributed by atoms with Crippen LogP contribution in [0.5, 0.6) is 0 Å². The molecule has 1 atom stereocenters. The van der Waals surface area contributed by atoms with E-state index in [2.05, 4.69) is 42.0 Å². The van der Waals surface area contributed by atoms with Gasteiger partial charge in [-0.2, -0.15) is 0 Å². The smallest absolute Gasteiger partial charge is 0.234 e. The van der Waals surface area contributed by atoms with Crippen LogP contribution < -0.4 is 5.32 Å². The van der Waals surface area contributed by atoms with Gasteiger partial charge < -0.3 is 5.32 Å². The molecule has 0 aromatic carbocycles. The average molecular weight is 328 g/mol. The van der Waals surface area contributed by atoms with Gasteiger partial charge in [0, 0.05) is 5.54 Å². The number of halogens is 1. The number of hydrogen-bond donors (Lipinski definition) is 1. The first-order chi connectivity index (χ1) is 8.83. The van der Waals surface area contributed by atoms with E-state index < -0.39 is 0 Å². The molecule has 3 heteroatoms. The molecule has 0 radical (unpaired) electrons. The van der Waals surface area contributed by atoms with Crippen LogP contribution in [0.3, 0.4) is 0 Å². The molecule has 4 rings (SSSR count). The van der Waals surface area contributed by atoms with Gasteiger partial charge in [0.15, 0.2) is 0 Å². The van der Waals surface area contributed by atoms with Crippen LogP contribution in [0.25, 0.3) is 0 Å². The monoisotopic (exact) mass is 327 g/mol. The molecule has 4 fully saturated rings. The van der Waals surface area contributed by atoms with Crippen molar-refractivity contribution in [3.63, 3.8) is 0 Å². The molecule has 0 spiro atoms. The first-order valence-electron chi connectivity index (χ1n) is 7.79. The van der Waals surface area contributed by atoms with Crippen LogP contribution in [0, 0.1) is 29.6 Å². The van der Waals surface area contributed by atoms with Gasteiger partial charge in [-0.3, -0.25) is 4.79 Å². The SMILES string of the molecule is CC(C)(C)NC(=O)C(Br)C1C2CC3CC(C2)CC1C3. The van der Waals surface area contributed by atoms with Crippen LogP contribution in [0.1, 0.15) is 52.9 Å². The predicted molar refractivity (Wildman–Crippen MR) is 81.1 cm³/mol. The highest BCUT2D eigenvalue weighted by Crippen LogP contribution is 2.58. The summed E-state index contributed by atoms with van der Waals surface area (Å²) in [6.07, 6.45) is 6.98. The molecule has 0 heterocycles. The molecule has 4 aliphatic rings. The number of carbonyl (C=O) groups is 1. The van der Waals surface area contributed by atoms with Crippen molar-refractivity contribution in [3.8, 4) is 0 Å². The van der Waals surface area contributed by atoms with Gasteiger partial charge in [0.05, 0.1) is 4.83 Å². The van der Waals surface area contributed by atoms with Gasteiger partial charge in [0.25, 0.3) is 0 Å². The lowest BCUT2D eigenvalue weighted by Gasteiger charge is -2.55. The van der Waals surface area contributed by atoms with Crippen molar-refractivity contribution < 1.29 is 4.79 Å². The number of amides is 1. The van der Waals surface area contributed by atoms with Crippen molar-refractivity contribution >= 4 is 21.8 Å². The lowest BCUT2D eigenvalue weighted by Crippen LogP contribution is -2.53. The van der Waals surface area contributed by atoms with Crippen molar-refractivity contribution in [2.24, 2.45) is 29.6 Å². The molecular formula is C16H26BrNO. The number of nitrogens with one attached hydrogen (secondary N) is 1. The van der Waals surface area contributed by atoms with E-state index in [0.29, 0.717) is 5.92 Å². The summed E-state index contributed by atoms with van der Waals surface area (Å²) >= 11 is 3.74. The summed E-state index contributed by atoms with van der Waals surface area (Å²) < 4.78 is 0. The third-order valence-corrected chi connectivity index (χ3v) is 6.41. The Morgan fingerprint density at radius 1 is 1.05 bits per heavy atom. The summed E-state index contributed by atoms with van der Waals surface area (Å²) in [5.41, 5.74) is -0.130. The Balaban J connectivity index is 1.70. The quantitative estimate of drug-likeness (QED) is 0.769. The Labute approximate surface area is 125 Å². The van der Waals surface area contributed by atoms with Crippen molar-refractivity contribution in [1.82, 2.24) is 5.32 Å². The van der Waals surface area contributed by atoms with Crippen LogP contribution in [-0.4, -0.2) is 16.3 Å². The Morgan fingerprint density at radius 3 is 1.95 bits per heavy atom. The summed E-state index contributed by atoms with van der Waals surface area (Å²) in [5, 5.41) is 3.14. The normalized spacial score (nSPS) is 42.2. The van der Waals surface area contributed by atoms with Crippen LogP contribution in [0.2, 0.25) is 0 Å². The highest BCUT2D eigenvalue weighted by molar-refractivity contribution is 9.10. The van der Waals surface area contributed by atoms with Crippen LogP contribution in [0.4, 0.5) is 0 Å². The van der Waals surface area contributed by atoms with E-state index in [1.54, 1.807) is 0 Å². The standard InChI is InChI=1S/C16H26BrNO/c1-16(2,3)18-15(19)14(17)13-11-5-9-4-10(7-11)8-12(13)6-9/h9-14H,4-8H2,1-3H3,(H,18,19). The summed E-state index contributed by atoms with van der Waals surface area (Å²) in [6, 6.07) is 0. The highest BCUT2D eigenvalue weighted by Gasteiger charge is 2.51. The van der Waals surface area contributed by atoms with Gasteiger partial charge >= 0.3 is 0 Å². The largest absolute Gasteiger partial charge is 0.351 e. The molecule has 1 N–H and O–H groups in total. The Hall–Kier alpha value is -0.0500. The summed E-state index contributed by atoms with van der Waals surface area (Å²) in [6.45, 7) is 6.17. The van der Waals surface area contributed by atoms with Crippen LogP contribution in [-0.2, 0) is 4.79 Å². The lowest BCUT2D eigenvalue weighted by molar-refractivity contribution is -0.126. The Morgan fingerprint density at radius 2 is 1.53 bits per heavy atom. The fourth-order valence-corrected chi connectivity index (χ4v) is 6.04. The minimum absolute atomic E-state index is 0.0155. The fourth-order valence-electron chi connectivity index (χ4n) is 5.06. The molecule has 108 valence electrons. The molecule has 19 heavy (non-hydrogen) atoms. The highest BCUT2D eigenvalue weighted by atomic mass is 79.9. The van der Waals surface area contributed by atoms with E-state index in [1.165, 1.54) is 32.1 Å².